The molecule has 4 N–H and O–H groups in total. The van der Waals surface area contributed by atoms with Gasteiger partial charge in [-0.25, -0.2) is 0 Å². The van der Waals surface area contributed by atoms with Gasteiger partial charge in [0.2, 0.25) is 5.91 Å². The molecule has 1 rings (SSSR count). The molecular weight excluding hydrogens is 216 g/mol. The first-order valence-corrected chi connectivity index (χ1v) is 6.16. The topological polar surface area (TPSA) is 83.8 Å². The van der Waals surface area contributed by atoms with Gasteiger partial charge in [0.25, 0.3) is 0 Å². The number of nitrogens with zero attached hydrogens (tertiary/aromatic N) is 1. The third kappa shape index (κ3) is 4.99. The Morgan fingerprint density at radius 2 is 2.41 bits per heavy atom. The van der Waals surface area contributed by atoms with Crippen LogP contribution in [0.1, 0.15) is 37.6 Å². The molecule has 17 heavy (non-hydrogen) atoms. The maximum atomic E-state index is 11.7. The number of amides is 1. The van der Waals surface area contributed by atoms with Crippen molar-refractivity contribution in [3.05, 3.63) is 17.5 Å². The predicted octanol–water partition coefficient (Wildman–Crippen LogP) is 0.894. The Kier molecular flexibility index (Phi) is 5.69. The van der Waals surface area contributed by atoms with E-state index < -0.39 is 0 Å². The summed E-state index contributed by atoms with van der Waals surface area (Å²) in [4.78, 5) is 11.7. The van der Waals surface area contributed by atoms with Gasteiger partial charge < -0.3 is 11.1 Å². The van der Waals surface area contributed by atoms with E-state index in [4.69, 9.17) is 5.73 Å². The second-order valence-electron chi connectivity index (χ2n) is 4.36. The molecule has 0 fully saturated rings. The first-order chi connectivity index (χ1) is 8.15. The van der Waals surface area contributed by atoms with Crippen molar-refractivity contribution in [1.82, 2.24) is 15.5 Å². The lowest BCUT2D eigenvalue weighted by molar-refractivity contribution is -0.121. The second kappa shape index (κ2) is 7.06. The van der Waals surface area contributed by atoms with Crippen LogP contribution in [0.25, 0.3) is 0 Å². The molecule has 1 aromatic rings. The predicted molar refractivity (Wildman–Crippen MR) is 67.5 cm³/mol. The lowest BCUT2D eigenvalue weighted by atomic mass is 10.1. The standard InChI is InChI=1S/C12H22N4O/c1-3-4-5-10(8-13)14-12(17)7-11-6-9(2)15-16-11/h6,10H,3-5,7-8,13H2,1-2H3,(H,14,17)(H,15,16). The zero-order valence-corrected chi connectivity index (χ0v) is 10.6. The number of nitrogens with one attached hydrogen (secondary N) is 2. The molecule has 96 valence electrons. The summed E-state index contributed by atoms with van der Waals surface area (Å²) in [5, 5.41) is 9.80. The second-order valence-corrected chi connectivity index (χ2v) is 4.36. The summed E-state index contributed by atoms with van der Waals surface area (Å²) < 4.78 is 0. The molecule has 0 aliphatic carbocycles. The number of unbranched alkanes of at least 4 members (excludes halogenated alkanes) is 1. The molecule has 5 nitrogen and oxygen atoms in total. The molecule has 5 heteroatoms. The van der Waals surface area contributed by atoms with E-state index in [-0.39, 0.29) is 11.9 Å². The van der Waals surface area contributed by atoms with E-state index in [0.717, 1.165) is 30.7 Å². The third-order valence-corrected chi connectivity index (χ3v) is 2.66. The van der Waals surface area contributed by atoms with E-state index in [1.165, 1.54) is 0 Å². The first kappa shape index (κ1) is 13.7. The molecule has 0 saturated carbocycles. The molecule has 0 bridgehead atoms. The number of hydrogen-bond acceptors (Lipinski definition) is 3. The molecule has 0 aromatic carbocycles. The zero-order chi connectivity index (χ0) is 12.7. The lowest BCUT2D eigenvalue weighted by Crippen LogP contribution is -2.40. The van der Waals surface area contributed by atoms with Crippen LogP contribution in [0.15, 0.2) is 6.07 Å². The average molecular weight is 238 g/mol. The third-order valence-electron chi connectivity index (χ3n) is 2.66. The molecule has 0 aliphatic heterocycles. The van der Waals surface area contributed by atoms with Crippen LogP contribution in [-0.2, 0) is 11.2 Å². The van der Waals surface area contributed by atoms with Gasteiger partial charge in [-0.15, -0.1) is 0 Å². The van der Waals surface area contributed by atoms with E-state index in [2.05, 4.69) is 22.4 Å². The van der Waals surface area contributed by atoms with E-state index in [1.807, 2.05) is 13.0 Å². The SMILES string of the molecule is CCCCC(CN)NC(=O)Cc1cc(C)[nH]n1. The average Bonchev–Trinajstić information content (AvgIpc) is 2.69. The Labute approximate surface area is 102 Å². The Morgan fingerprint density at radius 3 is 2.94 bits per heavy atom. The van der Waals surface area contributed by atoms with Crippen LogP contribution >= 0.6 is 0 Å². The van der Waals surface area contributed by atoms with Gasteiger partial charge in [0.15, 0.2) is 0 Å². The molecule has 0 radical (unpaired) electrons. The summed E-state index contributed by atoms with van der Waals surface area (Å²) in [7, 11) is 0. The summed E-state index contributed by atoms with van der Waals surface area (Å²) in [6.45, 7) is 4.53. The van der Waals surface area contributed by atoms with Gasteiger partial charge in [-0.05, 0) is 19.4 Å². The number of carbonyl (C=O) groups is 1. The smallest absolute Gasteiger partial charge is 0.226 e. The van der Waals surface area contributed by atoms with Crippen molar-refractivity contribution in [2.75, 3.05) is 6.54 Å². The van der Waals surface area contributed by atoms with E-state index in [1.54, 1.807) is 0 Å². The fourth-order valence-electron chi connectivity index (χ4n) is 1.71. The lowest BCUT2D eigenvalue weighted by Gasteiger charge is -2.15. The molecule has 1 amide bonds. The summed E-state index contributed by atoms with van der Waals surface area (Å²) in [5.74, 6) is -0.0111. The fraction of sp³-hybridized carbons (Fsp3) is 0.667. The molecular formula is C12H22N4O. The van der Waals surface area contributed by atoms with E-state index >= 15 is 0 Å². The normalized spacial score (nSPS) is 12.4. The minimum Gasteiger partial charge on any atom is -0.352 e. The number of carbonyl (C=O) groups excluding carboxylic acids is 1. The highest BCUT2D eigenvalue weighted by molar-refractivity contribution is 5.78. The molecule has 0 aliphatic rings. The number of aryl methyl sites for hydroxylation is 1. The number of aromatic amines is 1. The molecule has 1 heterocycles. The van der Waals surface area contributed by atoms with Crippen LogP contribution in [0.4, 0.5) is 0 Å². The monoisotopic (exact) mass is 238 g/mol. The summed E-state index contributed by atoms with van der Waals surface area (Å²) in [6, 6.07) is 1.96. The highest BCUT2D eigenvalue weighted by atomic mass is 16.1. The summed E-state index contributed by atoms with van der Waals surface area (Å²) in [5.41, 5.74) is 7.36. The largest absolute Gasteiger partial charge is 0.352 e. The minimum absolute atomic E-state index is 0.0111. The number of hydrogen-bond donors (Lipinski definition) is 3. The highest BCUT2D eigenvalue weighted by Crippen LogP contribution is 2.02. The van der Waals surface area contributed by atoms with Crippen molar-refractivity contribution in [3.63, 3.8) is 0 Å². The van der Waals surface area contributed by atoms with Gasteiger partial charge in [0.1, 0.15) is 0 Å². The van der Waals surface area contributed by atoms with Crippen LogP contribution in [0, 0.1) is 6.92 Å². The van der Waals surface area contributed by atoms with Crippen molar-refractivity contribution in [2.24, 2.45) is 5.73 Å². The van der Waals surface area contributed by atoms with Crippen LogP contribution in [0.2, 0.25) is 0 Å². The number of H-pyrrole nitrogens is 1. The fourth-order valence-corrected chi connectivity index (χ4v) is 1.71. The maximum Gasteiger partial charge on any atom is 0.226 e. The summed E-state index contributed by atoms with van der Waals surface area (Å²) >= 11 is 0. The van der Waals surface area contributed by atoms with Gasteiger partial charge >= 0.3 is 0 Å². The van der Waals surface area contributed by atoms with Gasteiger partial charge in [-0.1, -0.05) is 19.8 Å². The molecule has 0 saturated heterocycles. The van der Waals surface area contributed by atoms with Crippen LogP contribution in [0.3, 0.4) is 0 Å². The van der Waals surface area contributed by atoms with Crippen molar-refractivity contribution in [2.45, 2.75) is 45.6 Å². The highest BCUT2D eigenvalue weighted by Gasteiger charge is 2.11. The van der Waals surface area contributed by atoms with Gasteiger partial charge in [0, 0.05) is 18.3 Å². The van der Waals surface area contributed by atoms with Crippen molar-refractivity contribution in [1.29, 1.82) is 0 Å². The quantitative estimate of drug-likeness (QED) is 0.659. The van der Waals surface area contributed by atoms with Crippen LogP contribution in [0.5, 0.6) is 0 Å². The van der Waals surface area contributed by atoms with Crippen LogP contribution in [-0.4, -0.2) is 28.7 Å². The van der Waals surface area contributed by atoms with Crippen molar-refractivity contribution >= 4 is 5.91 Å². The number of rotatable bonds is 7. The first-order valence-electron chi connectivity index (χ1n) is 6.16. The minimum atomic E-state index is -0.0111. The Morgan fingerprint density at radius 1 is 1.65 bits per heavy atom. The molecule has 1 aromatic heterocycles. The van der Waals surface area contributed by atoms with Gasteiger partial charge in [-0.2, -0.15) is 5.10 Å². The number of nitrogens with two attached hydrogens (primary N) is 1. The van der Waals surface area contributed by atoms with Crippen LogP contribution < -0.4 is 11.1 Å². The molecule has 1 atom stereocenters. The Bertz CT molecular complexity index is 348. The summed E-state index contributed by atoms with van der Waals surface area (Å²) in [6.07, 6.45) is 3.46. The zero-order valence-electron chi connectivity index (χ0n) is 10.6. The van der Waals surface area contributed by atoms with Crippen molar-refractivity contribution in [3.8, 4) is 0 Å². The van der Waals surface area contributed by atoms with Gasteiger partial charge in [-0.3, -0.25) is 9.89 Å². The molecule has 0 spiro atoms. The maximum absolute atomic E-state index is 11.7. The molecule has 1 unspecified atom stereocenters. The Balaban J connectivity index is 2.37. The van der Waals surface area contributed by atoms with E-state index in [0.29, 0.717) is 13.0 Å². The Hall–Kier alpha value is -1.36. The van der Waals surface area contributed by atoms with E-state index in [9.17, 15) is 4.79 Å². The van der Waals surface area contributed by atoms with Crippen molar-refractivity contribution < 1.29 is 4.79 Å². The number of aromatic nitrogens is 2. The van der Waals surface area contributed by atoms with Gasteiger partial charge in [0.05, 0.1) is 12.1 Å².